The van der Waals surface area contributed by atoms with Crippen LogP contribution in [-0.2, 0) is 21.1 Å². The van der Waals surface area contributed by atoms with Gasteiger partial charge in [-0.15, -0.1) is 0 Å². The molecule has 34 valence electrons. The first-order valence-corrected chi connectivity index (χ1v) is 1.67. The van der Waals surface area contributed by atoms with Gasteiger partial charge in [-0.3, -0.25) is 0 Å². The average Bonchev–Trinajstić information content (AvgIpc) is 1.38. The third-order valence-electron chi connectivity index (χ3n) is 0.258. The topological polar surface area (TPSA) is 23.8 Å². The minimum Gasteiger partial charge on any atom is -0.198 e. The first kappa shape index (κ1) is 9.49. The van der Waals surface area contributed by atoms with E-state index >= 15 is 0 Å². The van der Waals surface area contributed by atoms with Crippen molar-refractivity contribution >= 4 is 0 Å². The number of hydrogen-bond donors (Lipinski definition) is 0. The van der Waals surface area contributed by atoms with Crippen LogP contribution in [0.25, 0.3) is 0 Å². The molecule has 0 atom stereocenters. The maximum Gasteiger partial charge on any atom is 0.0649 e. The summed E-state index contributed by atoms with van der Waals surface area (Å²) in [5.74, 6) is 0.190. The van der Waals surface area contributed by atoms with Gasteiger partial charge in [0.2, 0.25) is 0 Å². The first-order valence-electron chi connectivity index (χ1n) is 1.67. The van der Waals surface area contributed by atoms with E-state index < -0.39 is 0 Å². The number of nitriles is 1. The van der Waals surface area contributed by atoms with E-state index in [-0.39, 0.29) is 27.0 Å². The maximum atomic E-state index is 7.89. The van der Waals surface area contributed by atoms with Gasteiger partial charge in [-0.2, -0.15) is 5.26 Å². The normalized spacial score (nSPS) is 6.33. The second-order valence-corrected chi connectivity index (χ2v) is 1.28. The minimum atomic E-state index is 0. The molecule has 0 saturated heterocycles. The molecule has 0 unspecified atom stereocenters. The van der Waals surface area contributed by atoms with Crippen LogP contribution < -0.4 is 0 Å². The molecule has 0 aromatic heterocycles. The van der Waals surface area contributed by atoms with E-state index in [1.165, 1.54) is 0 Å². The van der Waals surface area contributed by atoms with Crippen molar-refractivity contribution in [2.45, 2.75) is 13.8 Å². The molecule has 0 radical (unpaired) electrons. The van der Waals surface area contributed by atoms with Crippen molar-refractivity contribution in [2.24, 2.45) is 5.92 Å². The molecule has 0 bridgehead atoms. The standard InChI is InChI=1S/C4H7N.W/c1-4(2)3-5;/h4H,1-2H3;. The SMILES string of the molecule is CC(C)C#N.[W]. The Bertz CT molecular complexity index is 53.1. The zero-order valence-electron chi connectivity index (χ0n) is 3.93. The van der Waals surface area contributed by atoms with Gasteiger partial charge in [0, 0.05) is 27.0 Å². The van der Waals surface area contributed by atoms with Crippen LogP contribution in [0, 0.1) is 17.2 Å². The molecule has 1 nitrogen and oxygen atoms in total. The molecule has 0 aromatic rings. The van der Waals surface area contributed by atoms with E-state index in [0.717, 1.165) is 0 Å². The van der Waals surface area contributed by atoms with E-state index in [4.69, 9.17) is 5.26 Å². The summed E-state index contributed by atoms with van der Waals surface area (Å²) in [6.07, 6.45) is 0. The van der Waals surface area contributed by atoms with E-state index in [1.54, 1.807) is 0 Å². The van der Waals surface area contributed by atoms with Crippen LogP contribution in [0.5, 0.6) is 0 Å². The number of hydrogen-bond acceptors (Lipinski definition) is 1. The van der Waals surface area contributed by atoms with Crippen LogP contribution in [0.1, 0.15) is 13.8 Å². The van der Waals surface area contributed by atoms with Crippen LogP contribution in [0.3, 0.4) is 0 Å². The molecule has 0 saturated carbocycles. The molecule has 0 aliphatic rings. The molecule has 0 amide bonds. The van der Waals surface area contributed by atoms with Crippen molar-refractivity contribution in [2.75, 3.05) is 0 Å². The summed E-state index contributed by atoms with van der Waals surface area (Å²) in [7, 11) is 0. The fraction of sp³-hybridized carbons (Fsp3) is 0.750. The molecule has 0 N–H and O–H groups in total. The van der Waals surface area contributed by atoms with Crippen LogP contribution >= 0.6 is 0 Å². The first-order chi connectivity index (χ1) is 2.27. The van der Waals surface area contributed by atoms with Gasteiger partial charge in [0.15, 0.2) is 0 Å². The number of rotatable bonds is 0. The second-order valence-electron chi connectivity index (χ2n) is 1.28. The molecule has 0 aromatic carbocycles. The average molecular weight is 253 g/mol. The summed E-state index contributed by atoms with van der Waals surface area (Å²) in [6.45, 7) is 3.72. The van der Waals surface area contributed by atoms with E-state index in [9.17, 15) is 0 Å². The summed E-state index contributed by atoms with van der Waals surface area (Å²) >= 11 is 0. The van der Waals surface area contributed by atoms with Gasteiger partial charge in [-0.1, -0.05) is 0 Å². The maximum absolute atomic E-state index is 7.89. The Balaban J connectivity index is 0. The van der Waals surface area contributed by atoms with Crippen molar-refractivity contribution in [3.63, 3.8) is 0 Å². The Labute approximate surface area is 52.6 Å². The zero-order chi connectivity index (χ0) is 4.28. The third-order valence-corrected chi connectivity index (χ3v) is 0.258. The summed E-state index contributed by atoms with van der Waals surface area (Å²) in [6, 6.07) is 2.03. The van der Waals surface area contributed by atoms with Crippen molar-refractivity contribution in [3.05, 3.63) is 0 Å². The predicted octanol–water partition coefficient (Wildman–Crippen LogP) is 1.16. The van der Waals surface area contributed by atoms with Crippen LogP contribution in [-0.4, -0.2) is 0 Å². The third kappa shape index (κ3) is 8.90. The van der Waals surface area contributed by atoms with Crippen molar-refractivity contribution in [3.8, 4) is 6.07 Å². The van der Waals surface area contributed by atoms with Gasteiger partial charge < -0.3 is 0 Å². The fourth-order valence-electron chi connectivity index (χ4n) is 0. The molecule has 2 heteroatoms. The molecule has 0 aliphatic carbocycles. The van der Waals surface area contributed by atoms with Gasteiger partial charge in [0.05, 0.1) is 6.07 Å². The molecule has 0 fully saturated rings. The van der Waals surface area contributed by atoms with Gasteiger partial charge in [0.25, 0.3) is 0 Å². The van der Waals surface area contributed by atoms with E-state index in [2.05, 4.69) is 0 Å². The summed E-state index contributed by atoms with van der Waals surface area (Å²) in [4.78, 5) is 0. The van der Waals surface area contributed by atoms with Gasteiger partial charge in [-0.25, -0.2) is 0 Å². The summed E-state index contributed by atoms with van der Waals surface area (Å²) in [5, 5.41) is 7.89. The number of nitrogens with zero attached hydrogens (tertiary/aromatic N) is 1. The summed E-state index contributed by atoms with van der Waals surface area (Å²) in [5.41, 5.74) is 0. The Morgan fingerprint density at radius 3 is 1.67 bits per heavy atom. The van der Waals surface area contributed by atoms with E-state index in [0.29, 0.717) is 0 Å². The largest absolute Gasteiger partial charge is 0.198 e. The molecule has 0 heterocycles. The van der Waals surface area contributed by atoms with Crippen molar-refractivity contribution in [1.29, 1.82) is 5.26 Å². The Kier molecular flexibility index (Phi) is 8.19. The second kappa shape index (κ2) is 5.18. The predicted molar refractivity (Wildman–Crippen MR) is 20.5 cm³/mol. The quantitative estimate of drug-likeness (QED) is 0.635. The van der Waals surface area contributed by atoms with Gasteiger partial charge in [0.1, 0.15) is 0 Å². The molecule has 6 heavy (non-hydrogen) atoms. The van der Waals surface area contributed by atoms with Crippen molar-refractivity contribution < 1.29 is 21.1 Å². The van der Waals surface area contributed by atoms with Crippen molar-refractivity contribution in [1.82, 2.24) is 0 Å². The van der Waals surface area contributed by atoms with Crippen LogP contribution in [0.4, 0.5) is 0 Å². The zero-order valence-corrected chi connectivity index (χ0v) is 6.87. The Hall–Kier alpha value is 0.178. The van der Waals surface area contributed by atoms with Crippen LogP contribution in [0.15, 0.2) is 0 Å². The molecular formula is C4H7NW. The smallest absolute Gasteiger partial charge is 0.0649 e. The minimum absolute atomic E-state index is 0. The van der Waals surface area contributed by atoms with Gasteiger partial charge in [-0.05, 0) is 13.8 Å². The monoisotopic (exact) mass is 253 g/mol. The summed E-state index contributed by atoms with van der Waals surface area (Å²) < 4.78 is 0. The van der Waals surface area contributed by atoms with Crippen LogP contribution in [0.2, 0.25) is 0 Å². The van der Waals surface area contributed by atoms with Gasteiger partial charge >= 0.3 is 0 Å². The molecule has 0 spiro atoms. The Morgan fingerprint density at radius 2 is 1.67 bits per heavy atom. The molecular weight excluding hydrogens is 246 g/mol. The molecule has 0 rings (SSSR count). The fourth-order valence-corrected chi connectivity index (χ4v) is 0. The molecule has 0 aliphatic heterocycles. The van der Waals surface area contributed by atoms with E-state index in [1.807, 2.05) is 19.9 Å². The Morgan fingerprint density at radius 1 is 1.50 bits per heavy atom.